The van der Waals surface area contributed by atoms with Crippen LogP contribution in [0, 0.1) is 11.6 Å². The molecular weight excluding hydrogens is 326 g/mol. The molecule has 3 rings (SSSR count). The fourth-order valence-corrected chi connectivity index (χ4v) is 2.99. The van der Waals surface area contributed by atoms with E-state index < -0.39 is 11.7 Å². The van der Waals surface area contributed by atoms with E-state index in [0.717, 1.165) is 5.56 Å². The molecule has 6 heteroatoms. The van der Waals surface area contributed by atoms with Crippen molar-refractivity contribution < 1.29 is 18.3 Å². The Bertz CT molecular complexity index is 733. The highest BCUT2D eigenvalue weighted by molar-refractivity contribution is 5.94. The molecule has 0 saturated carbocycles. The summed E-state index contributed by atoms with van der Waals surface area (Å²) in [4.78, 5) is 14.4. The Morgan fingerprint density at radius 2 is 1.88 bits per heavy atom. The van der Waals surface area contributed by atoms with Crippen molar-refractivity contribution in [2.45, 2.75) is 6.04 Å². The Hall–Kier alpha value is -2.31. The number of morpholine rings is 1. The predicted octanol–water partition coefficient (Wildman–Crippen LogP) is 2.77. The molecule has 0 radical (unpaired) electrons. The Morgan fingerprint density at radius 1 is 1.12 bits per heavy atom. The molecule has 1 aliphatic rings. The van der Waals surface area contributed by atoms with Crippen molar-refractivity contribution >= 4 is 5.91 Å². The fraction of sp³-hybridized carbons (Fsp3) is 0.316. The third-order valence-corrected chi connectivity index (χ3v) is 4.29. The van der Waals surface area contributed by atoms with E-state index in [9.17, 15) is 13.6 Å². The van der Waals surface area contributed by atoms with Gasteiger partial charge in [0.2, 0.25) is 0 Å². The maximum Gasteiger partial charge on any atom is 0.254 e. The summed E-state index contributed by atoms with van der Waals surface area (Å²) in [7, 11) is 0. The lowest BCUT2D eigenvalue weighted by atomic mass is 10.0. The molecule has 1 heterocycles. The second-order valence-electron chi connectivity index (χ2n) is 5.91. The first-order chi connectivity index (χ1) is 12.1. The summed E-state index contributed by atoms with van der Waals surface area (Å²) in [5.41, 5.74) is 0.776. The largest absolute Gasteiger partial charge is 0.379 e. The number of benzene rings is 2. The third-order valence-electron chi connectivity index (χ3n) is 4.29. The summed E-state index contributed by atoms with van der Waals surface area (Å²) in [6.45, 7) is 2.82. The molecule has 1 atom stereocenters. The lowest BCUT2D eigenvalue weighted by Gasteiger charge is -2.35. The topological polar surface area (TPSA) is 41.6 Å². The van der Waals surface area contributed by atoms with Crippen LogP contribution in [0.25, 0.3) is 0 Å². The zero-order valence-corrected chi connectivity index (χ0v) is 13.8. The van der Waals surface area contributed by atoms with Gasteiger partial charge in [-0.2, -0.15) is 0 Å². The number of carbonyl (C=O) groups is 1. The van der Waals surface area contributed by atoms with Gasteiger partial charge >= 0.3 is 0 Å². The second-order valence-corrected chi connectivity index (χ2v) is 5.91. The van der Waals surface area contributed by atoms with E-state index in [1.807, 2.05) is 6.07 Å². The van der Waals surface area contributed by atoms with Gasteiger partial charge in [-0.3, -0.25) is 9.69 Å². The number of nitrogens with zero attached hydrogens (tertiary/aromatic N) is 1. The first-order valence-corrected chi connectivity index (χ1v) is 8.25. The molecule has 2 aromatic carbocycles. The number of carbonyl (C=O) groups excluding carboxylic acids is 1. The Labute approximate surface area is 145 Å². The minimum atomic E-state index is -0.561. The molecule has 0 unspecified atom stereocenters. The number of hydrogen-bond donors (Lipinski definition) is 1. The minimum Gasteiger partial charge on any atom is -0.379 e. The van der Waals surface area contributed by atoms with Gasteiger partial charge in [0.05, 0.1) is 24.8 Å². The van der Waals surface area contributed by atoms with Gasteiger partial charge < -0.3 is 10.1 Å². The van der Waals surface area contributed by atoms with Gasteiger partial charge in [0.1, 0.15) is 11.6 Å². The number of halogens is 2. The molecule has 132 valence electrons. The highest BCUT2D eigenvalue weighted by Crippen LogP contribution is 2.22. The van der Waals surface area contributed by atoms with Gasteiger partial charge in [-0.25, -0.2) is 8.78 Å². The SMILES string of the molecule is O=C(NC[C@H](c1cccc(F)c1)N1CCOCC1)c1ccccc1F. The Balaban J connectivity index is 1.75. The molecule has 0 aliphatic carbocycles. The molecule has 1 fully saturated rings. The number of nitrogens with one attached hydrogen (secondary N) is 1. The molecule has 1 saturated heterocycles. The monoisotopic (exact) mass is 346 g/mol. The highest BCUT2D eigenvalue weighted by Gasteiger charge is 2.24. The molecule has 2 aromatic rings. The number of amides is 1. The Morgan fingerprint density at radius 3 is 2.60 bits per heavy atom. The zero-order chi connectivity index (χ0) is 17.6. The molecule has 4 nitrogen and oxygen atoms in total. The maximum absolute atomic E-state index is 13.8. The van der Waals surface area contributed by atoms with E-state index in [1.165, 1.54) is 30.3 Å². The van der Waals surface area contributed by atoms with Gasteiger partial charge in [0, 0.05) is 19.6 Å². The lowest BCUT2D eigenvalue weighted by Crippen LogP contribution is -2.44. The van der Waals surface area contributed by atoms with Crippen LogP contribution in [0.15, 0.2) is 48.5 Å². The summed E-state index contributed by atoms with van der Waals surface area (Å²) in [6, 6.07) is 12.0. The lowest BCUT2D eigenvalue weighted by molar-refractivity contribution is 0.0161. The molecule has 1 N–H and O–H groups in total. The summed E-state index contributed by atoms with van der Waals surface area (Å²) in [5, 5.41) is 2.77. The summed E-state index contributed by atoms with van der Waals surface area (Å²) < 4.78 is 32.8. The van der Waals surface area contributed by atoms with E-state index in [0.29, 0.717) is 26.3 Å². The molecule has 1 aliphatic heterocycles. The van der Waals surface area contributed by atoms with Crippen LogP contribution in [-0.4, -0.2) is 43.7 Å². The quantitative estimate of drug-likeness (QED) is 0.905. The molecule has 0 spiro atoms. The standard InChI is InChI=1S/C19H20F2N2O2/c20-15-5-3-4-14(12-15)18(23-8-10-25-11-9-23)13-22-19(24)16-6-1-2-7-17(16)21/h1-7,12,18H,8-11,13H2,(H,22,24)/t18-/m1/s1. The summed E-state index contributed by atoms with van der Waals surface area (Å²) in [5.74, 6) is -1.36. The van der Waals surface area contributed by atoms with Crippen molar-refractivity contribution in [2.75, 3.05) is 32.8 Å². The van der Waals surface area contributed by atoms with E-state index >= 15 is 0 Å². The van der Waals surface area contributed by atoms with Crippen molar-refractivity contribution in [2.24, 2.45) is 0 Å². The normalized spacial score (nSPS) is 16.4. The number of ether oxygens (including phenoxy) is 1. The van der Waals surface area contributed by atoms with Crippen molar-refractivity contribution in [3.63, 3.8) is 0 Å². The molecule has 0 bridgehead atoms. The van der Waals surface area contributed by atoms with Gasteiger partial charge in [0.15, 0.2) is 0 Å². The first kappa shape index (κ1) is 17.5. The van der Waals surface area contributed by atoms with Gasteiger partial charge in [0.25, 0.3) is 5.91 Å². The average molecular weight is 346 g/mol. The number of rotatable bonds is 5. The van der Waals surface area contributed by atoms with Gasteiger partial charge in [-0.1, -0.05) is 24.3 Å². The molecular formula is C19H20F2N2O2. The van der Waals surface area contributed by atoms with Crippen LogP contribution < -0.4 is 5.32 Å². The van der Waals surface area contributed by atoms with Crippen LogP contribution in [-0.2, 0) is 4.74 Å². The van der Waals surface area contributed by atoms with Crippen molar-refractivity contribution in [1.82, 2.24) is 10.2 Å². The fourth-order valence-electron chi connectivity index (χ4n) is 2.99. The van der Waals surface area contributed by atoms with Crippen LogP contribution in [0.4, 0.5) is 8.78 Å². The van der Waals surface area contributed by atoms with E-state index in [-0.39, 0.29) is 24.0 Å². The summed E-state index contributed by atoms with van der Waals surface area (Å²) in [6.07, 6.45) is 0. The minimum absolute atomic E-state index is 0.00229. The smallest absolute Gasteiger partial charge is 0.254 e. The van der Waals surface area contributed by atoms with Crippen molar-refractivity contribution in [3.05, 3.63) is 71.3 Å². The summed E-state index contributed by atoms with van der Waals surface area (Å²) >= 11 is 0. The third kappa shape index (κ3) is 4.41. The zero-order valence-electron chi connectivity index (χ0n) is 13.8. The predicted molar refractivity (Wildman–Crippen MR) is 90.3 cm³/mol. The average Bonchev–Trinajstić information content (AvgIpc) is 2.63. The van der Waals surface area contributed by atoms with Crippen molar-refractivity contribution in [3.8, 4) is 0 Å². The van der Waals surface area contributed by atoms with Crippen LogP contribution >= 0.6 is 0 Å². The van der Waals surface area contributed by atoms with E-state index in [1.54, 1.807) is 12.1 Å². The van der Waals surface area contributed by atoms with Crippen LogP contribution in [0.1, 0.15) is 22.0 Å². The van der Waals surface area contributed by atoms with Crippen LogP contribution in [0.2, 0.25) is 0 Å². The first-order valence-electron chi connectivity index (χ1n) is 8.25. The van der Waals surface area contributed by atoms with E-state index in [2.05, 4.69) is 10.2 Å². The van der Waals surface area contributed by atoms with Gasteiger partial charge in [-0.15, -0.1) is 0 Å². The maximum atomic E-state index is 13.8. The molecule has 1 amide bonds. The number of hydrogen-bond acceptors (Lipinski definition) is 3. The second kappa shape index (κ2) is 8.18. The highest BCUT2D eigenvalue weighted by atomic mass is 19.1. The Kier molecular flexibility index (Phi) is 5.73. The van der Waals surface area contributed by atoms with Crippen LogP contribution in [0.5, 0.6) is 0 Å². The van der Waals surface area contributed by atoms with E-state index in [4.69, 9.17) is 4.74 Å². The van der Waals surface area contributed by atoms with Crippen molar-refractivity contribution in [1.29, 1.82) is 0 Å². The molecule has 0 aromatic heterocycles. The van der Waals surface area contributed by atoms with Crippen LogP contribution in [0.3, 0.4) is 0 Å². The van der Waals surface area contributed by atoms with Gasteiger partial charge in [-0.05, 0) is 29.8 Å². The molecule has 25 heavy (non-hydrogen) atoms.